The zero-order chi connectivity index (χ0) is 13.7. The first-order chi connectivity index (χ1) is 8.51. The SMILES string of the molecule is CCOC(=O)C(O)C(O)c1cc(C#N)ccc1N. The van der Waals surface area contributed by atoms with Gasteiger partial charge in [-0.2, -0.15) is 5.26 Å². The molecule has 0 saturated carbocycles. The van der Waals surface area contributed by atoms with Gasteiger partial charge in [0.1, 0.15) is 6.10 Å². The molecule has 96 valence electrons. The maximum absolute atomic E-state index is 11.3. The van der Waals surface area contributed by atoms with Crippen LogP contribution in [0.5, 0.6) is 0 Å². The molecule has 0 spiro atoms. The van der Waals surface area contributed by atoms with E-state index in [1.807, 2.05) is 6.07 Å². The van der Waals surface area contributed by atoms with Crippen LogP contribution in [0, 0.1) is 11.3 Å². The lowest BCUT2D eigenvalue weighted by Crippen LogP contribution is -2.30. The number of carbonyl (C=O) groups excluding carboxylic acids is 1. The fourth-order valence-electron chi connectivity index (χ4n) is 1.43. The molecule has 0 saturated heterocycles. The summed E-state index contributed by atoms with van der Waals surface area (Å²) in [5.41, 5.74) is 6.20. The number of ether oxygens (including phenoxy) is 1. The second-order valence-electron chi connectivity index (χ2n) is 3.60. The summed E-state index contributed by atoms with van der Waals surface area (Å²) >= 11 is 0. The average Bonchev–Trinajstić information content (AvgIpc) is 2.38. The Morgan fingerprint density at radius 2 is 2.22 bits per heavy atom. The van der Waals surface area contributed by atoms with Gasteiger partial charge in [-0.05, 0) is 25.1 Å². The summed E-state index contributed by atoms with van der Waals surface area (Å²) in [6, 6.07) is 6.10. The van der Waals surface area contributed by atoms with Crippen LogP contribution in [-0.2, 0) is 9.53 Å². The van der Waals surface area contributed by atoms with Crippen molar-refractivity contribution in [3.63, 3.8) is 0 Å². The molecular formula is C12H14N2O4. The Morgan fingerprint density at radius 3 is 2.78 bits per heavy atom. The first-order valence-corrected chi connectivity index (χ1v) is 5.33. The third-order valence-electron chi connectivity index (χ3n) is 2.36. The fourth-order valence-corrected chi connectivity index (χ4v) is 1.43. The molecule has 18 heavy (non-hydrogen) atoms. The molecule has 6 heteroatoms. The van der Waals surface area contributed by atoms with E-state index in [0.29, 0.717) is 0 Å². The highest BCUT2D eigenvalue weighted by molar-refractivity contribution is 5.76. The van der Waals surface area contributed by atoms with Crippen LogP contribution in [0.15, 0.2) is 18.2 Å². The summed E-state index contributed by atoms with van der Waals surface area (Å²) in [5, 5.41) is 28.2. The topological polar surface area (TPSA) is 117 Å². The van der Waals surface area contributed by atoms with E-state index in [2.05, 4.69) is 4.74 Å². The van der Waals surface area contributed by atoms with Crippen molar-refractivity contribution in [1.82, 2.24) is 0 Å². The van der Waals surface area contributed by atoms with E-state index in [4.69, 9.17) is 11.0 Å². The number of rotatable bonds is 4. The van der Waals surface area contributed by atoms with Gasteiger partial charge in [-0.3, -0.25) is 0 Å². The molecule has 0 amide bonds. The van der Waals surface area contributed by atoms with Crippen molar-refractivity contribution in [3.8, 4) is 6.07 Å². The second-order valence-corrected chi connectivity index (χ2v) is 3.60. The molecule has 0 aliphatic carbocycles. The van der Waals surface area contributed by atoms with Gasteiger partial charge in [-0.15, -0.1) is 0 Å². The average molecular weight is 250 g/mol. The molecule has 0 radical (unpaired) electrons. The molecule has 1 aromatic carbocycles. The molecule has 4 N–H and O–H groups in total. The predicted octanol–water partition coefficient (Wildman–Crippen LogP) is 0.0979. The standard InChI is InChI=1S/C12H14N2O4/c1-2-18-12(17)11(16)10(15)8-5-7(6-13)3-4-9(8)14/h3-5,10-11,15-16H,2,14H2,1H3. The third-order valence-corrected chi connectivity index (χ3v) is 2.36. The minimum absolute atomic E-state index is 0.0936. The molecule has 2 unspecified atom stereocenters. The highest BCUT2D eigenvalue weighted by Crippen LogP contribution is 2.25. The summed E-state index contributed by atoms with van der Waals surface area (Å²) in [4.78, 5) is 11.3. The number of carbonyl (C=O) groups is 1. The van der Waals surface area contributed by atoms with Crippen molar-refractivity contribution < 1.29 is 19.7 Å². The van der Waals surface area contributed by atoms with E-state index in [1.165, 1.54) is 18.2 Å². The van der Waals surface area contributed by atoms with Gasteiger partial charge >= 0.3 is 5.97 Å². The monoisotopic (exact) mass is 250 g/mol. The summed E-state index contributed by atoms with van der Waals surface area (Å²) in [7, 11) is 0. The number of benzene rings is 1. The van der Waals surface area contributed by atoms with Crippen molar-refractivity contribution >= 4 is 11.7 Å². The Hall–Kier alpha value is -2.10. The largest absolute Gasteiger partial charge is 0.464 e. The summed E-state index contributed by atoms with van der Waals surface area (Å²) in [6.45, 7) is 1.68. The number of nitrogens with two attached hydrogens (primary N) is 1. The Balaban J connectivity index is 2.99. The predicted molar refractivity (Wildman–Crippen MR) is 63.2 cm³/mol. The second kappa shape index (κ2) is 6.00. The van der Waals surface area contributed by atoms with Crippen LogP contribution in [-0.4, -0.2) is 28.9 Å². The molecule has 2 atom stereocenters. The van der Waals surface area contributed by atoms with Crippen molar-refractivity contribution in [3.05, 3.63) is 29.3 Å². The maximum Gasteiger partial charge on any atom is 0.338 e. The first kappa shape index (κ1) is 14.0. The minimum atomic E-state index is -1.74. The van der Waals surface area contributed by atoms with Gasteiger partial charge in [-0.1, -0.05) is 0 Å². The van der Waals surface area contributed by atoms with E-state index in [0.717, 1.165) is 0 Å². The van der Waals surface area contributed by atoms with Crippen molar-refractivity contribution in [1.29, 1.82) is 5.26 Å². The van der Waals surface area contributed by atoms with E-state index >= 15 is 0 Å². The molecule has 1 rings (SSSR count). The van der Waals surface area contributed by atoms with E-state index in [9.17, 15) is 15.0 Å². The molecule has 0 fully saturated rings. The highest BCUT2D eigenvalue weighted by atomic mass is 16.5. The van der Waals surface area contributed by atoms with Gasteiger partial charge in [0, 0.05) is 11.3 Å². The number of aliphatic hydroxyl groups excluding tert-OH is 2. The van der Waals surface area contributed by atoms with Crippen molar-refractivity contribution in [2.45, 2.75) is 19.1 Å². The van der Waals surface area contributed by atoms with Crippen LogP contribution < -0.4 is 5.73 Å². The quantitative estimate of drug-likeness (QED) is 0.515. The van der Waals surface area contributed by atoms with Crippen LogP contribution in [0.2, 0.25) is 0 Å². The first-order valence-electron chi connectivity index (χ1n) is 5.33. The summed E-state index contributed by atoms with van der Waals surface area (Å²) in [6.07, 6.45) is -3.27. The number of esters is 1. The lowest BCUT2D eigenvalue weighted by Gasteiger charge is -2.18. The molecular weight excluding hydrogens is 236 g/mol. The number of nitrogen functional groups attached to an aromatic ring is 1. The molecule has 0 aliphatic heterocycles. The Morgan fingerprint density at radius 1 is 1.56 bits per heavy atom. The minimum Gasteiger partial charge on any atom is -0.464 e. The van der Waals surface area contributed by atoms with Crippen molar-refractivity contribution in [2.24, 2.45) is 0 Å². The van der Waals surface area contributed by atoms with Gasteiger partial charge in [0.25, 0.3) is 0 Å². The Labute approximate surface area is 104 Å². The van der Waals surface area contributed by atoms with Gasteiger partial charge in [-0.25, -0.2) is 4.79 Å². The molecule has 1 aromatic rings. The number of nitriles is 1. The summed E-state index contributed by atoms with van der Waals surface area (Å²) in [5.74, 6) is -0.938. The van der Waals surface area contributed by atoms with E-state index < -0.39 is 18.2 Å². The van der Waals surface area contributed by atoms with Crippen LogP contribution >= 0.6 is 0 Å². The molecule has 0 bridgehead atoms. The Kier molecular flexibility index (Phi) is 4.66. The highest BCUT2D eigenvalue weighted by Gasteiger charge is 2.28. The number of nitrogens with zero attached hydrogens (tertiary/aromatic N) is 1. The number of anilines is 1. The number of hydrogen-bond acceptors (Lipinski definition) is 6. The third kappa shape index (κ3) is 2.97. The summed E-state index contributed by atoms with van der Waals surface area (Å²) < 4.78 is 4.59. The molecule has 6 nitrogen and oxygen atoms in total. The molecule has 0 aromatic heterocycles. The maximum atomic E-state index is 11.3. The van der Waals surface area contributed by atoms with E-state index in [-0.39, 0.29) is 23.4 Å². The molecule has 0 aliphatic rings. The zero-order valence-corrected chi connectivity index (χ0v) is 9.83. The van der Waals surface area contributed by atoms with Crippen LogP contribution in [0.3, 0.4) is 0 Å². The van der Waals surface area contributed by atoms with Crippen LogP contribution in [0.1, 0.15) is 24.2 Å². The number of aliphatic hydroxyl groups is 2. The van der Waals surface area contributed by atoms with Crippen molar-refractivity contribution in [2.75, 3.05) is 12.3 Å². The van der Waals surface area contributed by atoms with Gasteiger partial charge < -0.3 is 20.7 Å². The molecule has 0 heterocycles. The fraction of sp³-hybridized carbons (Fsp3) is 0.333. The number of hydrogen-bond donors (Lipinski definition) is 3. The Bertz CT molecular complexity index is 481. The van der Waals surface area contributed by atoms with Crippen LogP contribution in [0.4, 0.5) is 5.69 Å². The lowest BCUT2D eigenvalue weighted by molar-refractivity contribution is -0.159. The smallest absolute Gasteiger partial charge is 0.338 e. The van der Waals surface area contributed by atoms with E-state index in [1.54, 1.807) is 6.92 Å². The van der Waals surface area contributed by atoms with Gasteiger partial charge in [0.15, 0.2) is 6.10 Å². The van der Waals surface area contributed by atoms with Gasteiger partial charge in [0.05, 0.1) is 18.2 Å². The van der Waals surface area contributed by atoms with Crippen LogP contribution in [0.25, 0.3) is 0 Å². The lowest BCUT2D eigenvalue weighted by atomic mass is 10.0. The van der Waals surface area contributed by atoms with Gasteiger partial charge in [0.2, 0.25) is 0 Å². The normalized spacial score (nSPS) is 13.4. The zero-order valence-electron chi connectivity index (χ0n) is 9.83.